The number of nitrogens with zero attached hydrogens (tertiary/aromatic N) is 2. The number of carboxylic acids is 2. The number of allylic oxidation sites excluding steroid dienone is 4. The van der Waals surface area contributed by atoms with E-state index < -0.39 is 11.9 Å². The molecule has 3 rings (SSSR count). The first kappa shape index (κ1) is 18.6. The molecule has 28 heavy (non-hydrogen) atoms. The fourth-order valence-electron chi connectivity index (χ4n) is 2.50. The molecule has 1 aliphatic carbocycles. The van der Waals surface area contributed by atoms with Crippen molar-refractivity contribution in [3.8, 4) is 0 Å². The first-order chi connectivity index (χ1) is 13.3. The van der Waals surface area contributed by atoms with E-state index >= 15 is 0 Å². The van der Waals surface area contributed by atoms with Crippen molar-refractivity contribution >= 4 is 46.1 Å². The van der Waals surface area contributed by atoms with Crippen LogP contribution >= 0.6 is 0 Å². The molecule has 0 atom stereocenters. The molecular formula is C20H16N4O4. The molecule has 0 saturated heterocycles. The van der Waals surface area contributed by atoms with Crippen LogP contribution in [-0.2, 0) is 0 Å². The maximum atomic E-state index is 11.2. The molecule has 0 aliphatic heterocycles. The lowest BCUT2D eigenvalue weighted by atomic mass is 10.1. The molecule has 0 fully saturated rings. The molecule has 8 heteroatoms. The second-order valence-electron chi connectivity index (χ2n) is 5.89. The van der Waals surface area contributed by atoms with Crippen LogP contribution in [0.2, 0.25) is 0 Å². The number of nitrogen functional groups attached to an aromatic ring is 2. The molecule has 0 bridgehead atoms. The molecule has 6 N–H and O–H groups in total. The van der Waals surface area contributed by atoms with Crippen LogP contribution in [0.5, 0.6) is 0 Å². The van der Waals surface area contributed by atoms with Gasteiger partial charge in [0.05, 0.1) is 33.9 Å². The molecular weight excluding hydrogens is 360 g/mol. The number of anilines is 2. The molecule has 0 heterocycles. The Morgan fingerprint density at radius 1 is 0.679 bits per heavy atom. The molecule has 0 unspecified atom stereocenters. The van der Waals surface area contributed by atoms with E-state index in [1.54, 1.807) is 36.4 Å². The van der Waals surface area contributed by atoms with Crippen LogP contribution in [-0.4, -0.2) is 33.6 Å². The normalized spacial score (nSPS) is 12.7. The van der Waals surface area contributed by atoms with Crippen LogP contribution in [0.15, 0.2) is 70.7 Å². The lowest BCUT2D eigenvalue weighted by molar-refractivity contribution is 0.0687. The van der Waals surface area contributed by atoms with Crippen molar-refractivity contribution < 1.29 is 19.8 Å². The molecule has 2 aromatic carbocycles. The lowest BCUT2D eigenvalue weighted by Gasteiger charge is -2.06. The Labute approximate surface area is 159 Å². The van der Waals surface area contributed by atoms with E-state index in [4.69, 9.17) is 21.7 Å². The number of aromatic carboxylic acids is 2. The summed E-state index contributed by atoms with van der Waals surface area (Å²) >= 11 is 0. The number of nitrogens with two attached hydrogens (primary N) is 2. The third kappa shape index (κ3) is 4.13. The van der Waals surface area contributed by atoms with Gasteiger partial charge in [0, 0.05) is 11.4 Å². The average molecular weight is 376 g/mol. The van der Waals surface area contributed by atoms with Gasteiger partial charge in [-0.2, -0.15) is 0 Å². The molecule has 0 radical (unpaired) electrons. The molecule has 0 aromatic heterocycles. The van der Waals surface area contributed by atoms with E-state index in [1.807, 2.05) is 0 Å². The van der Waals surface area contributed by atoms with Gasteiger partial charge < -0.3 is 21.7 Å². The van der Waals surface area contributed by atoms with Crippen molar-refractivity contribution in [2.45, 2.75) is 0 Å². The fourth-order valence-corrected chi connectivity index (χ4v) is 2.50. The summed E-state index contributed by atoms with van der Waals surface area (Å²) in [6.45, 7) is 0. The zero-order chi connectivity index (χ0) is 20.3. The zero-order valence-corrected chi connectivity index (χ0v) is 14.5. The van der Waals surface area contributed by atoms with Gasteiger partial charge in [0.25, 0.3) is 0 Å². The van der Waals surface area contributed by atoms with Gasteiger partial charge >= 0.3 is 11.9 Å². The Balaban J connectivity index is 1.83. The summed E-state index contributed by atoms with van der Waals surface area (Å²) in [5.74, 6) is -2.24. The SMILES string of the molecule is Nc1ccc(N=C2C=CC(=Nc3ccc(N)c(C(=O)O)c3)C=C2)cc1C(=O)O. The van der Waals surface area contributed by atoms with E-state index in [1.165, 1.54) is 24.3 Å². The number of aliphatic imine (C=N–C) groups is 2. The monoisotopic (exact) mass is 376 g/mol. The van der Waals surface area contributed by atoms with Crippen molar-refractivity contribution in [1.82, 2.24) is 0 Å². The Kier molecular flexibility index (Phi) is 5.03. The summed E-state index contributed by atoms with van der Waals surface area (Å²) in [6, 6.07) is 9.04. The number of benzene rings is 2. The molecule has 0 spiro atoms. The minimum Gasteiger partial charge on any atom is -0.478 e. The Morgan fingerprint density at radius 3 is 1.36 bits per heavy atom. The maximum absolute atomic E-state index is 11.2. The van der Waals surface area contributed by atoms with E-state index in [9.17, 15) is 9.59 Å². The van der Waals surface area contributed by atoms with Crippen molar-refractivity contribution in [3.63, 3.8) is 0 Å². The van der Waals surface area contributed by atoms with Gasteiger partial charge in [-0.25, -0.2) is 19.6 Å². The predicted molar refractivity (Wildman–Crippen MR) is 108 cm³/mol. The topological polar surface area (TPSA) is 151 Å². The van der Waals surface area contributed by atoms with Crippen molar-refractivity contribution in [2.75, 3.05) is 11.5 Å². The number of carbonyl (C=O) groups is 2. The van der Waals surface area contributed by atoms with Gasteiger partial charge in [0.1, 0.15) is 0 Å². The largest absolute Gasteiger partial charge is 0.478 e. The van der Waals surface area contributed by atoms with Crippen LogP contribution < -0.4 is 11.5 Å². The Morgan fingerprint density at radius 2 is 1.04 bits per heavy atom. The van der Waals surface area contributed by atoms with Crippen molar-refractivity contribution in [2.24, 2.45) is 9.98 Å². The first-order valence-corrected chi connectivity index (χ1v) is 8.12. The molecule has 8 nitrogen and oxygen atoms in total. The standard InChI is InChI=1S/C20H16N4O4/c21-17-7-5-13(9-15(17)19(25)26)23-11-1-2-12(4-3-11)24-14-6-8-18(22)16(10-14)20(27)28/h1-10H,21-22H2,(H,25,26)(H,27,28). The summed E-state index contributed by atoms with van der Waals surface area (Å²) in [5.41, 5.74) is 13.7. The highest BCUT2D eigenvalue weighted by molar-refractivity contribution is 6.19. The molecule has 140 valence electrons. The van der Waals surface area contributed by atoms with E-state index in [2.05, 4.69) is 9.98 Å². The molecule has 0 saturated carbocycles. The highest BCUT2D eigenvalue weighted by Gasteiger charge is 2.10. The third-order valence-corrected chi connectivity index (χ3v) is 3.90. The van der Waals surface area contributed by atoms with Crippen molar-refractivity contribution in [1.29, 1.82) is 0 Å². The minimum atomic E-state index is -1.12. The summed E-state index contributed by atoms with van der Waals surface area (Å²) in [7, 11) is 0. The molecule has 0 amide bonds. The number of rotatable bonds is 4. The Bertz CT molecular complexity index is 994. The van der Waals surface area contributed by atoms with Gasteiger partial charge in [-0.3, -0.25) is 0 Å². The van der Waals surface area contributed by atoms with Crippen LogP contribution in [0.4, 0.5) is 22.7 Å². The third-order valence-electron chi connectivity index (χ3n) is 3.90. The summed E-state index contributed by atoms with van der Waals surface area (Å²) in [5, 5.41) is 18.3. The fraction of sp³-hybridized carbons (Fsp3) is 0. The highest BCUT2D eigenvalue weighted by atomic mass is 16.4. The maximum Gasteiger partial charge on any atom is 0.337 e. The summed E-state index contributed by atoms with van der Waals surface area (Å²) in [6.07, 6.45) is 6.85. The van der Waals surface area contributed by atoms with Gasteiger partial charge in [0.15, 0.2) is 0 Å². The number of hydrogen-bond donors (Lipinski definition) is 4. The smallest absolute Gasteiger partial charge is 0.337 e. The van der Waals surface area contributed by atoms with Crippen LogP contribution in [0, 0.1) is 0 Å². The van der Waals surface area contributed by atoms with E-state index in [0.29, 0.717) is 22.8 Å². The average Bonchev–Trinajstić information content (AvgIpc) is 2.66. The quantitative estimate of drug-likeness (QED) is 0.475. The second kappa shape index (κ2) is 7.58. The van der Waals surface area contributed by atoms with Crippen LogP contribution in [0.25, 0.3) is 0 Å². The van der Waals surface area contributed by atoms with Crippen LogP contribution in [0.1, 0.15) is 20.7 Å². The first-order valence-electron chi connectivity index (χ1n) is 8.12. The molecule has 2 aromatic rings. The van der Waals surface area contributed by atoms with Gasteiger partial charge in [-0.15, -0.1) is 0 Å². The number of carboxylic acid groups (broad SMARTS) is 2. The Hall–Kier alpha value is -4.20. The van der Waals surface area contributed by atoms with Gasteiger partial charge in [0.2, 0.25) is 0 Å². The molecule has 1 aliphatic rings. The van der Waals surface area contributed by atoms with E-state index in [0.717, 1.165) is 0 Å². The number of hydrogen-bond acceptors (Lipinski definition) is 6. The predicted octanol–water partition coefficient (Wildman–Crippen LogP) is 3.22. The van der Waals surface area contributed by atoms with E-state index in [-0.39, 0.29) is 22.5 Å². The summed E-state index contributed by atoms with van der Waals surface area (Å²) < 4.78 is 0. The van der Waals surface area contributed by atoms with Gasteiger partial charge in [-0.05, 0) is 60.7 Å². The van der Waals surface area contributed by atoms with Gasteiger partial charge in [-0.1, -0.05) is 0 Å². The minimum absolute atomic E-state index is 0.00884. The lowest BCUT2D eigenvalue weighted by Crippen LogP contribution is -2.03. The van der Waals surface area contributed by atoms with Crippen molar-refractivity contribution in [3.05, 3.63) is 71.8 Å². The highest BCUT2D eigenvalue weighted by Crippen LogP contribution is 2.23. The zero-order valence-electron chi connectivity index (χ0n) is 14.5. The second-order valence-corrected chi connectivity index (χ2v) is 5.89. The summed E-state index contributed by atoms with van der Waals surface area (Å²) in [4.78, 5) is 31.0. The van der Waals surface area contributed by atoms with Crippen LogP contribution in [0.3, 0.4) is 0 Å².